The molecule has 0 saturated carbocycles. The van der Waals surface area contributed by atoms with E-state index in [1.54, 1.807) is 25.1 Å². The van der Waals surface area contributed by atoms with Gasteiger partial charge in [-0.1, -0.05) is 128 Å². The summed E-state index contributed by atoms with van der Waals surface area (Å²) >= 11 is 0. The average molecular weight is 957 g/mol. The highest BCUT2D eigenvalue weighted by molar-refractivity contribution is 6.01. The van der Waals surface area contributed by atoms with E-state index in [-0.39, 0.29) is 66.8 Å². The molecular formula is C57H88N4O8. The minimum absolute atomic E-state index is 0.00997. The predicted octanol–water partition coefficient (Wildman–Crippen LogP) is 9.24. The van der Waals surface area contributed by atoms with Crippen molar-refractivity contribution in [3.63, 3.8) is 0 Å². The average Bonchev–Trinajstić information content (AvgIpc) is 3.30. The van der Waals surface area contributed by atoms with E-state index in [2.05, 4.69) is 13.2 Å². The fourth-order valence-corrected chi connectivity index (χ4v) is 8.80. The molecule has 3 rings (SSSR count). The number of carbonyl (C=O) groups excluding carboxylic acids is 6. The largest absolute Gasteiger partial charge is 0.454 e. The van der Waals surface area contributed by atoms with Crippen LogP contribution < -0.4 is 0 Å². The van der Waals surface area contributed by atoms with Crippen molar-refractivity contribution in [2.24, 2.45) is 29.6 Å². The van der Waals surface area contributed by atoms with Gasteiger partial charge < -0.3 is 24.2 Å². The summed E-state index contributed by atoms with van der Waals surface area (Å²) in [5.74, 6) is -3.38. The van der Waals surface area contributed by atoms with Crippen LogP contribution in [0, 0.1) is 43.4 Å². The number of benzene rings is 2. The Hall–Kier alpha value is -5.10. The van der Waals surface area contributed by atoms with Crippen LogP contribution in [0.1, 0.15) is 123 Å². The number of likely N-dealkylation sites (N-methyl/N-ethyl adjacent to an activating group) is 4. The fourth-order valence-electron chi connectivity index (χ4n) is 8.80. The van der Waals surface area contributed by atoms with E-state index in [4.69, 9.17) is 9.47 Å². The summed E-state index contributed by atoms with van der Waals surface area (Å²) in [4.78, 5) is 92.4. The van der Waals surface area contributed by atoms with Gasteiger partial charge in [0, 0.05) is 39.7 Å². The molecule has 9 atom stereocenters. The van der Waals surface area contributed by atoms with Gasteiger partial charge in [-0.15, -0.1) is 6.58 Å². The molecule has 2 aromatic carbocycles. The Morgan fingerprint density at radius 3 is 1.83 bits per heavy atom. The quantitative estimate of drug-likeness (QED) is 0.0859. The Bertz CT molecular complexity index is 2010. The maximum Gasteiger partial charge on any atom is 0.329 e. The molecule has 9 unspecified atom stereocenters. The number of cyclic esters (lactones) is 2. The number of rotatable bonds is 17. The van der Waals surface area contributed by atoms with Crippen molar-refractivity contribution in [2.45, 2.75) is 164 Å². The summed E-state index contributed by atoms with van der Waals surface area (Å²) in [5.41, 5.74) is 4.43. The van der Waals surface area contributed by atoms with E-state index < -0.39 is 66.5 Å². The smallest absolute Gasteiger partial charge is 0.329 e. The number of ketones is 2. The van der Waals surface area contributed by atoms with Crippen molar-refractivity contribution in [3.05, 3.63) is 95.7 Å². The van der Waals surface area contributed by atoms with Gasteiger partial charge in [-0.3, -0.25) is 24.1 Å². The van der Waals surface area contributed by atoms with E-state index in [0.717, 1.165) is 22.3 Å². The molecule has 12 heteroatoms. The van der Waals surface area contributed by atoms with Gasteiger partial charge in [-0.25, -0.2) is 9.59 Å². The highest BCUT2D eigenvalue weighted by Gasteiger charge is 2.40. The maximum atomic E-state index is 14.9. The Balaban J connectivity index is 0.00000805. The summed E-state index contributed by atoms with van der Waals surface area (Å²) in [6.07, 6.45) is 1.33. The van der Waals surface area contributed by atoms with Crippen LogP contribution in [0.15, 0.2) is 73.5 Å². The molecule has 2 amide bonds. The molecule has 384 valence electrons. The lowest BCUT2D eigenvalue weighted by atomic mass is 9.82. The number of Topliss-reactive ketones (excluding diaryl/α,β-unsaturated/α-hetero) is 2. The highest BCUT2D eigenvalue weighted by atomic mass is 16.6. The zero-order valence-electron chi connectivity index (χ0n) is 45.2. The van der Waals surface area contributed by atoms with Gasteiger partial charge in [0.25, 0.3) is 5.91 Å². The van der Waals surface area contributed by atoms with Crippen molar-refractivity contribution in [3.8, 4) is 0 Å². The van der Waals surface area contributed by atoms with Crippen molar-refractivity contribution < 1.29 is 38.2 Å². The standard InChI is InChI=1S/C55H82N4O8.C2H6/c1-17-42(30-43-22-18-36(6)19-23-43)31-49(60)46-28-38(8)39(9)29-48(58(15)52(62)33-50(61)45(56(12)13)26-34(2)3)55(65)67-51(32-44-24-20-37(7)21-25-44)40(10)57(14)47(27-35(4)5)54(64)66-41(11)53(63)59(46)16;1-2/h17-25,34-35,38-39,41-42,45-48,51H,1,10,26-33H2,2-9,11-16H3;1-2H3. The van der Waals surface area contributed by atoms with Crippen molar-refractivity contribution in [1.82, 2.24) is 19.6 Å². The van der Waals surface area contributed by atoms with E-state index in [1.165, 1.54) is 23.8 Å². The van der Waals surface area contributed by atoms with Crippen LogP contribution in [0.2, 0.25) is 0 Å². The first kappa shape index (κ1) is 60.0. The van der Waals surface area contributed by atoms with Crippen LogP contribution in [0.5, 0.6) is 0 Å². The molecule has 2 aromatic rings. The van der Waals surface area contributed by atoms with Gasteiger partial charge in [0.05, 0.1) is 18.5 Å². The molecule has 0 aromatic heterocycles. The monoisotopic (exact) mass is 957 g/mol. The molecule has 1 aliphatic heterocycles. The Kier molecular flexibility index (Phi) is 24.8. The van der Waals surface area contributed by atoms with Crippen LogP contribution in [0.4, 0.5) is 0 Å². The molecule has 0 bridgehead atoms. The Labute approximate surface area is 416 Å². The van der Waals surface area contributed by atoms with E-state index in [0.29, 0.717) is 25.0 Å². The molecule has 0 spiro atoms. The van der Waals surface area contributed by atoms with Crippen LogP contribution >= 0.6 is 0 Å². The van der Waals surface area contributed by atoms with Gasteiger partial charge >= 0.3 is 11.9 Å². The van der Waals surface area contributed by atoms with Crippen LogP contribution in [0.3, 0.4) is 0 Å². The van der Waals surface area contributed by atoms with Crippen LogP contribution in [0.25, 0.3) is 0 Å². The summed E-state index contributed by atoms with van der Waals surface area (Å²) in [6.45, 7) is 29.9. The van der Waals surface area contributed by atoms with Gasteiger partial charge in [0.2, 0.25) is 5.91 Å². The number of carbonyl (C=O) groups is 6. The number of aryl methyl sites for hydroxylation is 2. The molecular weight excluding hydrogens is 869 g/mol. The molecule has 69 heavy (non-hydrogen) atoms. The van der Waals surface area contributed by atoms with Crippen molar-refractivity contribution in [1.29, 1.82) is 0 Å². The fraction of sp³-hybridized carbons (Fsp3) is 0.614. The van der Waals surface area contributed by atoms with Crippen molar-refractivity contribution in [2.75, 3.05) is 35.2 Å². The van der Waals surface area contributed by atoms with Gasteiger partial charge in [0.15, 0.2) is 17.7 Å². The van der Waals surface area contributed by atoms with Crippen LogP contribution in [-0.4, -0.2) is 127 Å². The summed E-state index contributed by atoms with van der Waals surface area (Å²) in [7, 11) is 8.43. The number of allylic oxidation sites excluding steroid dienone is 1. The minimum atomic E-state index is -1.23. The first-order valence-electron chi connectivity index (χ1n) is 25.1. The molecule has 1 saturated heterocycles. The summed E-state index contributed by atoms with van der Waals surface area (Å²) in [5, 5.41) is 0. The Morgan fingerprint density at radius 2 is 1.32 bits per heavy atom. The lowest BCUT2D eigenvalue weighted by Gasteiger charge is -2.36. The van der Waals surface area contributed by atoms with Gasteiger partial charge in [-0.2, -0.15) is 0 Å². The maximum absolute atomic E-state index is 14.9. The van der Waals surface area contributed by atoms with Crippen LogP contribution in [-0.2, 0) is 51.1 Å². The number of esters is 2. The number of nitrogens with zero attached hydrogens (tertiary/aromatic N) is 4. The number of hydrogen-bond acceptors (Lipinski definition) is 10. The SMILES string of the molecule is C=CC(CC(=O)C1CC(C)C(C)CC(N(C)C(=O)CC(=O)C(CC(C)C)N(C)C)C(=O)OC(Cc2ccc(C)cc2)C(=C)N(C)C(CC(C)C)C(=O)OC(C)C(=O)N1C)Cc1ccc(C)cc1.CC. The molecule has 0 radical (unpaired) electrons. The zero-order chi connectivity index (χ0) is 52.4. The second kappa shape index (κ2) is 28.5. The first-order chi connectivity index (χ1) is 32.3. The molecule has 12 nitrogen and oxygen atoms in total. The third-order valence-corrected chi connectivity index (χ3v) is 13.6. The number of hydrogen-bond donors (Lipinski definition) is 0. The second-order valence-corrected chi connectivity index (χ2v) is 20.5. The van der Waals surface area contributed by atoms with E-state index >= 15 is 0 Å². The Morgan fingerprint density at radius 1 is 0.783 bits per heavy atom. The lowest BCUT2D eigenvalue weighted by molar-refractivity contribution is -0.164. The molecule has 1 heterocycles. The molecule has 1 aliphatic rings. The van der Waals surface area contributed by atoms with E-state index in [9.17, 15) is 28.8 Å². The normalized spacial score (nSPS) is 23.1. The summed E-state index contributed by atoms with van der Waals surface area (Å²) < 4.78 is 12.5. The summed E-state index contributed by atoms with van der Waals surface area (Å²) in [6, 6.07) is 12.5. The molecule has 0 N–H and O–H groups in total. The molecule has 1 fully saturated rings. The second-order valence-electron chi connectivity index (χ2n) is 20.5. The lowest BCUT2D eigenvalue weighted by Crippen LogP contribution is -2.50. The minimum Gasteiger partial charge on any atom is -0.454 e. The van der Waals surface area contributed by atoms with Gasteiger partial charge in [0.1, 0.15) is 18.2 Å². The first-order valence-corrected chi connectivity index (χ1v) is 25.1. The third-order valence-electron chi connectivity index (χ3n) is 13.6. The number of ether oxygens (including phenoxy) is 2. The van der Waals surface area contributed by atoms with E-state index in [1.807, 2.05) is 137 Å². The van der Waals surface area contributed by atoms with Crippen molar-refractivity contribution >= 4 is 35.3 Å². The number of amides is 2. The van der Waals surface area contributed by atoms with Gasteiger partial charge in [-0.05, 0) is 108 Å². The predicted molar refractivity (Wildman–Crippen MR) is 277 cm³/mol. The highest BCUT2D eigenvalue weighted by Crippen LogP contribution is 2.30. The topological polar surface area (TPSA) is 134 Å². The molecule has 0 aliphatic carbocycles. The zero-order valence-corrected chi connectivity index (χ0v) is 45.2. The third kappa shape index (κ3) is 18.3.